The summed E-state index contributed by atoms with van der Waals surface area (Å²) in [5, 5.41) is 1.78. The first-order valence-electron chi connectivity index (χ1n) is 11.7. The number of nitrogens with zero attached hydrogens (tertiary/aromatic N) is 2. The van der Waals surface area contributed by atoms with Crippen molar-refractivity contribution in [2.24, 2.45) is 17.6 Å². The Morgan fingerprint density at radius 1 is 1.27 bits per heavy atom. The molecule has 33 heavy (non-hydrogen) atoms. The number of halogens is 1. The number of anilines is 1. The number of fused-ring (bicyclic) bond motifs is 1. The molecule has 1 amide bonds. The lowest BCUT2D eigenvalue weighted by Crippen LogP contribution is -2.38. The molecule has 7 heteroatoms. The largest absolute Gasteiger partial charge is 0.472 e. The van der Waals surface area contributed by atoms with Gasteiger partial charge in [0.15, 0.2) is 0 Å². The molecule has 1 aliphatic rings. The molecule has 4 rings (SSSR count). The molecule has 0 aliphatic carbocycles. The maximum atomic E-state index is 11.8. The van der Waals surface area contributed by atoms with Gasteiger partial charge in [0.05, 0.1) is 18.0 Å². The van der Waals surface area contributed by atoms with Gasteiger partial charge in [0, 0.05) is 29.1 Å². The van der Waals surface area contributed by atoms with E-state index in [-0.39, 0.29) is 0 Å². The lowest BCUT2D eigenvalue weighted by Gasteiger charge is -2.37. The van der Waals surface area contributed by atoms with Gasteiger partial charge < -0.3 is 19.8 Å². The number of amides is 1. The van der Waals surface area contributed by atoms with E-state index < -0.39 is 11.7 Å². The lowest BCUT2D eigenvalue weighted by atomic mass is 9.79. The number of hydrogen-bond acceptors (Lipinski definition) is 5. The van der Waals surface area contributed by atoms with Crippen molar-refractivity contribution in [3.05, 3.63) is 59.5 Å². The van der Waals surface area contributed by atoms with Crippen molar-refractivity contribution in [3.63, 3.8) is 0 Å². The second-order valence-electron chi connectivity index (χ2n) is 9.50. The van der Waals surface area contributed by atoms with Gasteiger partial charge in [-0.3, -0.25) is 0 Å². The Kier molecular flexibility index (Phi) is 7.13. The minimum Gasteiger partial charge on any atom is -0.472 e. The monoisotopic (exact) mass is 469 g/mol. The summed E-state index contributed by atoms with van der Waals surface area (Å²) >= 11 is 6.10. The number of carbonyl (C=O) groups excluding carboxylic acids is 1. The Hall–Kier alpha value is -2.73. The van der Waals surface area contributed by atoms with Crippen LogP contribution in [0.1, 0.15) is 51.5 Å². The molecule has 0 radical (unpaired) electrons. The summed E-state index contributed by atoms with van der Waals surface area (Å²) in [6.45, 7) is 6.16. The molecule has 1 fully saturated rings. The molecular formula is C26H32ClN3O3. The zero-order valence-electron chi connectivity index (χ0n) is 19.3. The van der Waals surface area contributed by atoms with Gasteiger partial charge in [-0.25, -0.2) is 9.78 Å². The summed E-state index contributed by atoms with van der Waals surface area (Å²) in [4.78, 5) is 19.0. The third-order valence-electron chi connectivity index (χ3n) is 6.61. The summed E-state index contributed by atoms with van der Waals surface area (Å²) in [5.41, 5.74) is 6.58. The predicted octanol–water partition coefficient (Wildman–Crippen LogP) is 6.51. The summed E-state index contributed by atoms with van der Waals surface area (Å²) in [7, 11) is 0. The fraction of sp³-hybridized carbons (Fsp3) is 0.462. The van der Waals surface area contributed by atoms with Crippen LogP contribution in [-0.2, 0) is 10.3 Å². The summed E-state index contributed by atoms with van der Waals surface area (Å²) in [6.07, 6.45) is 7.09. The van der Waals surface area contributed by atoms with Crippen molar-refractivity contribution in [1.29, 1.82) is 0 Å². The number of furan rings is 1. The van der Waals surface area contributed by atoms with E-state index in [0.29, 0.717) is 18.3 Å². The fourth-order valence-corrected chi connectivity index (χ4v) is 5.22. The van der Waals surface area contributed by atoms with Gasteiger partial charge in [-0.2, -0.15) is 0 Å². The van der Waals surface area contributed by atoms with E-state index in [1.165, 1.54) is 0 Å². The standard InChI is InChI=1S/C26H32ClN3O3/c1-18(2)16-26(33-25(28)31,21-10-14-32-17-21)11-7-19-8-12-30(13-9-19)24-6-3-20-15-22(27)4-5-23(20)29-24/h3-6,10,14-15,17-19H,7-9,11-13,16H2,1-2H3,(H2,28,31). The van der Waals surface area contributed by atoms with Crippen LogP contribution >= 0.6 is 11.6 Å². The number of primary amides is 1. The van der Waals surface area contributed by atoms with Gasteiger partial charge in [-0.05, 0) is 80.3 Å². The Labute approximate surface area is 200 Å². The minimum absolute atomic E-state index is 0.343. The van der Waals surface area contributed by atoms with E-state index in [1.54, 1.807) is 12.5 Å². The number of benzene rings is 1. The normalized spacial score (nSPS) is 16.8. The Morgan fingerprint density at radius 3 is 2.73 bits per heavy atom. The minimum atomic E-state index is -0.745. The molecule has 0 bridgehead atoms. The van der Waals surface area contributed by atoms with Crippen molar-refractivity contribution >= 4 is 34.4 Å². The van der Waals surface area contributed by atoms with E-state index in [0.717, 1.165) is 66.1 Å². The van der Waals surface area contributed by atoms with Crippen molar-refractivity contribution < 1.29 is 13.9 Å². The number of pyridine rings is 1. The number of piperidine rings is 1. The van der Waals surface area contributed by atoms with Crippen LogP contribution in [0.5, 0.6) is 0 Å². The quantitative estimate of drug-likeness (QED) is 0.406. The smallest absolute Gasteiger partial charge is 0.405 e. The molecular weight excluding hydrogens is 438 g/mol. The predicted molar refractivity (Wildman–Crippen MR) is 131 cm³/mol. The number of aromatic nitrogens is 1. The second-order valence-corrected chi connectivity index (χ2v) is 9.94. The topological polar surface area (TPSA) is 81.6 Å². The fourth-order valence-electron chi connectivity index (χ4n) is 5.04. The molecule has 1 saturated heterocycles. The first-order chi connectivity index (χ1) is 15.8. The van der Waals surface area contributed by atoms with Crippen molar-refractivity contribution in [2.45, 2.75) is 51.6 Å². The molecule has 0 saturated carbocycles. The van der Waals surface area contributed by atoms with Crippen LogP contribution in [0, 0.1) is 11.8 Å². The average Bonchev–Trinajstić information content (AvgIpc) is 3.32. The molecule has 1 aliphatic heterocycles. The van der Waals surface area contributed by atoms with Crippen LogP contribution in [0.4, 0.5) is 10.6 Å². The Balaban J connectivity index is 1.41. The zero-order chi connectivity index (χ0) is 23.4. The van der Waals surface area contributed by atoms with E-state index in [1.807, 2.05) is 24.3 Å². The van der Waals surface area contributed by atoms with E-state index in [4.69, 9.17) is 31.5 Å². The van der Waals surface area contributed by atoms with Gasteiger partial charge >= 0.3 is 6.09 Å². The van der Waals surface area contributed by atoms with Crippen molar-refractivity contribution in [1.82, 2.24) is 4.98 Å². The van der Waals surface area contributed by atoms with Crippen LogP contribution in [0.2, 0.25) is 5.02 Å². The van der Waals surface area contributed by atoms with Gasteiger partial charge in [-0.15, -0.1) is 0 Å². The molecule has 3 heterocycles. The van der Waals surface area contributed by atoms with Gasteiger partial charge in [0.25, 0.3) is 0 Å². The highest BCUT2D eigenvalue weighted by Crippen LogP contribution is 2.40. The van der Waals surface area contributed by atoms with Crippen LogP contribution < -0.4 is 10.6 Å². The molecule has 176 valence electrons. The maximum Gasteiger partial charge on any atom is 0.405 e. The summed E-state index contributed by atoms with van der Waals surface area (Å²) < 4.78 is 11.1. The highest BCUT2D eigenvalue weighted by atomic mass is 35.5. The van der Waals surface area contributed by atoms with Gasteiger partial charge in [-0.1, -0.05) is 25.4 Å². The van der Waals surface area contributed by atoms with Gasteiger partial charge in [0.2, 0.25) is 0 Å². The van der Waals surface area contributed by atoms with Crippen LogP contribution in [0.3, 0.4) is 0 Å². The van der Waals surface area contributed by atoms with Crippen LogP contribution in [0.15, 0.2) is 53.3 Å². The molecule has 0 spiro atoms. The summed E-state index contributed by atoms with van der Waals surface area (Å²) in [6, 6.07) is 11.8. The number of hydrogen-bond donors (Lipinski definition) is 1. The molecule has 1 aromatic carbocycles. The molecule has 6 nitrogen and oxygen atoms in total. The highest BCUT2D eigenvalue weighted by molar-refractivity contribution is 6.31. The van der Waals surface area contributed by atoms with E-state index in [2.05, 4.69) is 30.9 Å². The molecule has 2 aromatic heterocycles. The number of ether oxygens (including phenoxy) is 1. The third kappa shape index (κ3) is 5.61. The van der Waals surface area contributed by atoms with E-state index >= 15 is 0 Å². The maximum absolute atomic E-state index is 11.8. The highest BCUT2D eigenvalue weighted by Gasteiger charge is 2.38. The number of carbonyl (C=O) groups is 1. The third-order valence-corrected chi connectivity index (χ3v) is 6.85. The number of nitrogens with two attached hydrogens (primary N) is 1. The zero-order valence-corrected chi connectivity index (χ0v) is 20.1. The van der Waals surface area contributed by atoms with Crippen molar-refractivity contribution in [2.75, 3.05) is 18.0 Å². The van der Waals surface area contributed by atoms with Crippen LogP contribution in [-0.4, -0.2) is 24.2 Å². The Morgan fingerprint density at radius 2 is 2.06 bits per heavy atom. The van der Waals surface area contributed by atoms with Crippen molar-refractivity contribution in [3.8, 4) is 0 Å². The van der Waals surface area contributed by atoms with Gasteiger partial charge in [0.1, 0.15) is 11.4 Å². The SMILES string of the molecule is CC(C)CC(CCC1CCN(c2ccc3cc(Cl)ccc3n2)CC1)(OC(N)=O)c1ccoc1. The lowest BCUT2D eigenvalue weighted by molar-refractivity contribution is -0.0162. The van der Waals surface area contributed by atoms with E-state index in [9.17, 15) is 4.79 Å². The Bertz CT molecular complexity index is 1080. The average molecular weight is 470 g/mol. The molecule has 1 unspecified atom stereocenters. The number of rotatable bonds is 8. The molecule has 1 atom stereocenters. The first kappa shape index (κ1) is 23.4. The molecule has 3 aromatic rings. The summed E-state index contributed by atoms with van der Waals surface area (Å²) in [5.74, 6) is 1.90. The molecule has 2 N–H and O–H groups in total. The van der Waals surface area contributed by atoms with Crippen LogP contribution in [0.25, 0.3) is 10.9 Å². The first-order valence-corrected chi connectivity index (χ1v) is 12.0. The second kappa shape index (κ2) is 10.0.